The molecule has 77 heavy (non-hydrogen) atoms. The van der Waals surface area contributed by atoms with Gasteiger partial charge in [-0.05, 0) is 122 Å². The van der Waals surface area contributed by atoms with Crippen LogP contribution in [0.3, 0.4) is 0 Å². The van der Waals surface area contributed by atoms with E-state index < -0.39 is 34.3 Å². The molecule has 2 fully saturated rings. The molecular weight excluding hydrogens is 1020 g/mol. The van der Waals surface area contributed by atoms with Crippen LogP contribution in [0.1, 0.15) is 100 Å². The zero-order valence-corrected chi connectivity index (χ0v) is 41.6. The molecule has 10 aromatic rings. The molecule has 0 saturated carbocycles. The molecule has 2 saturated heterocycles. The average Bonchev–Trinajstić information content (AvgIpc) is 4.35. The number of hydrogen-bond acceptors (Lipinski definition) is 15. The Morgan fingerprint density at radius 1 is 0.597 bits per heavy atom. The number of nitrogens with two attached hydrogens (primary N) is 1. The first-order valence-electron chi connectivity index (χ1n) is 24.5. The maximum absolute atomic E-state index is 15.5. The van der Waals surface area contributed by atoms with Crippen molar-refractivity contribution in [1.29, 1.82) is 0 Å². The van der Waals surface area contributed by atoms with E-state index in [0.29, 0.717) is 69.4 Å². The van der Waals surface area contributed by atoms with Gasteiger partial charge in [0.05, 0.1) is 42.3 Å². The highest BCUT2D eigenvalue weighted by Gasteiger charge is 2.26. The number of nitrogen functional groups attached to an aromatic ring is 1. The zero-order valence-electron chi connectivity index (χ0n) is 40.9. The lowest BCUT2D eigenvalue weighted by Gasteiger charge is -2.23. The quantitative estimate of drug-likeness (QED) is 0.0521. The molecule has 22 heteroatoms. The van der Waals surface area contributed by atoms with Gasteiger partial charge >= 0.3 is 0 Å². The Labute approximate surface area is 441 Å². The molecule has 0 bridgehead atoms. The van der Waals surface area contributed by atoms with Gasteiger partial charge in [-0.2, -0.15) is 0 Å². The van der Waals surface area contributed by atoms with Gasteiger partial charge in [-0.15, -0.1) is 0 Å². The molecule has 0 amide bonds. The van der Waals surface area contributed by atoms with Gasteiger partial charge in [0.1, 0.15) is 65.0 Å². The minimum Gasteiger partial charge on any atom is -0.461 e. The first-order chi connectivity index (χ1) is 37.5. The summed E-state index contributed by atoms with van der Waals surface area (Å²) in [6.07, 6.45) is 17.4. The molecule has 0 aliphatic carbocycles. The maximum atomic E-state index is 15.5. The number of fused-ring (bicyclic) bond motifs is 2. The van der Waals surface area contributed by atoms with Crippen molar-refractivity contribution in [3.63, 3.8) is 0 Å². The first-order valence-corrected chi connectivity index (χ1v) is 24.9. The summed E-state index contributed by atoms with van der Waals surface area (Å²) < 4.78 is 84.5. The summed E-state index contributed by atoms with van der Waals surface area (Å²) in [5.41, 5.74) is 10.9. The van der Waals surface area contributed by atoms with E-state index in [9.17, 15) is 22.8 Å². The zero-order chi connectivity index (χ0) is 53.4. The number of rotatable bonds is 12. The van der Waals surface area contributed by atoms with Crippen molar-refractivity contribution in [1.82, 2.24) is 49.0 Å². The molecular formula is C55H46ClF4N11O6. The molecule has 2 aliphatic rings. The number of ether oxygens (including phenoxy) is 2. The summed E-state index contributed by atoms with van der Waals surface area (Å²) >= 11 is 5.01. The van der Waals surface area contributed by atoms with Gasteiger partial charge in [0.15, 0.2) is 28.6 Å². The fraction of sp³-hybridized carbons (Fsp3) is 0.236. The molecule has 17 nitrogen and oxygen atoms in total. The Balaban J connectivity index is 0.000000155. The number of nitrogens with zero attached hydrogens (tertiary/aromatic N) is 10. The fourth-order valence-electron chi connectivity index (χ4n) is 9.14. The molecule has 2 unspecified atom stereocenters. The number of furan rings is 2. The van der Waals surface area contributed by atoms with Crippen LogP contribution in [0.15, 0.2) is 132 Å². The van der Waals surface area contributed by atoms with E-state index in [1.165, 1.54) is 55.5 Å². The number of aromatic nitrogens is 10. The topological polar surface area (TPSA) is 218 Å². The van der Waals surface area contributed by atoms with Gasteiger partial charge < -0.3 is 24.0 Å². The van der Waals surface area contributed by atoms with Gasteiger partial charge in [0.2, 0.25) is 5.78 Å². The first kappa shape index (κ1) is 51.9. The summed E-state index contributed by atoms with van der Waals surface area (Å²) in [6, 6.07) is 18.1. The van der Waals surface area contributed by atoms with Crippen molar-refractivity contribution in [2.45, 2.75) is 70.2 Å². The third-order valence-electron chi connectivity index (χ3n) is 13.0. The normalized spacial score (nSPS) is 15.4. The lowest BCUT2D eigenvalue weighted by atomic mass is 9.97. The van der Waals surface area contributed by atoms with Crippen molar-refractivity contribution < 1.29 is 45.5 Å². The van der Waals surface area contributed by atoms with E-state index in [2.05, 4.69) is 44.3 Å². The van der Waals surface area contributed by atoms with Crippen molar-refractivity contribution in [2.24, 2.45) is 0 Å². The predicted octanol–water partition coefficient (Wildman–Crippen LogP) is 11.2. The molecule has 0 radical (unpaired) electrons. The van der Waals surface area contributed by atoms with E-state index in [1.807, 2.05) is 15.2 Å². The largest absolute Gasteiger partial charge is 0.461 e. The average molecular weight is 1070 g/mol. The van der Waals surface area contributed by atoms with Crippen LogP contribution >= 0.6 is 11.6 Å². The molecule has 8 aromatic heterocycles. The van der Waals surface area contributed by atoms with Gasteiger partial charge in [-0.1, -0.05) is 6.07 Å². The lowest BCUT2D eigenvalue weighted by Crippen LogP contribution is -2.17. The highest BCUT2D eigenvalue weighted by Crippen LogP contribution is 2.34. The van der Waals surface area contributed by atoms with Gasteiger partial charge in [-0.3, -0.25) is 28.7 Å². The lowest BCUT2D eigenvalue weighted by molar-refractivity contribution is -0.0299. The number of Topliss-reactive ketones (excluding diaryl/α,β-unsaturated/α-hetero) is 1. The third kappa shape index (κ3) is 11.4. The Bertz CT molecular complexity index is 3700. The number of ketones is 1. The smallest absolute Gasteiger partial charge is 0.287 e. The second kappa shape index (κ2) is 23.6. The Kier molecular flexibility index (Phi) is 15.9. The molecule has 0 spiro atoms. The number of hydrogen-bond donors (Lipinski definition) is 1. The predicted molar refractivity (Wildman–Crippen MR) is 273 cm³/mol. The Morgan fingerprint density at radius 2 is 1.12 bits per heavy atom. The molecule has 2 aromatic carbocycles. The van der Waals surface area contributed by atoms with E-state index in [4.69, 9.17) is 31.2 Å². The summed E-state index contributed by atoms with van der Waals surface area (Å²) in [7, 11) is 0. The van der Waals surface area contributed by atoms with Crippen molar-refractivity contribution in [3.05, 3.63) is 186 Å². The number of anilines is 1. The highest BCUT2D eigenvalue weighted by molar-refractivity contribution is 6.67. The SMILES string of the molecule is Nc1ccc(F)c(Cc2ncccc2-c2ncnc3c2ncn3C2CCCCO2)c1F.O=C(Cc1ccc(F)c(Cc2ncccc2-c2ncnc3c2ncn3C2CCCCO2)c1F)c1ccco1.O=C(Cl)c1ccco1. The van der Waals surface area contributed by atoms with Crippen LogP contribution in [0.25, 0.3) is 44.8 Å². The summed E-state index contributed by atoms with van der Waals surface area (Å²) in [4.78, 5) is 58.3. The van der Waals surface area contributed by atoms with Crippen molar-refractivity contribution in [3.8, 4) is 22.5 Å². The summed E-state index contributed by atoms with van der Waals surface area (Å²) in [6.45, 7) is 1.38. The molecule has 2 aliphatic heterocycles. The van der Waals surface area contributed by atoms with Crippen LogP contribution < -0.4 is 5.73 Å². The van der Waals surface area contributed by atoms with E-state index >= 15 is 4.39 Å². The fourth-order valence-corrected chi connectivity index (χ4v) is 9.25. The highest BCUT2D eigenvalue weighted by atomic mass is 35.5. The molecule has 2 atom stereocenters. The van der Waals surface area contributed by atoms with Gasteiger partial charge in [0.25, 0.3) is 5.24 Å². The van der Waals surface area contributed by atoms with Crippen molar-refractivity contribution >= 4 is 50.6 Å². The second-order valence-electron chi connectivity index (χ2n) is 17.8. The van der Waals surface area contributed by atoms with E-state index in [0.717, 1.165) is 44.6 Å². The number of carbonyl (C=O) groups is 2. The van der Waals surface area contributed by atoms with E-state index in [1.54, 1.807) is 55.4 Å². The minimum absolute atomic E-state index is 0.0726. The summed E-state index contributed by atoms with van der Waals surface area (Å²) in [5.74, 6) is -3.04. The van der Waals surface area contributed by atoms with Crippen LogP contribution in [0.5, 0.6) is 0 Å². The van der Waals surface area contributed by atoms with Gasteiger partial charge in [0, 0.05) is 67.1 Å². The molecule has 2 N–H and O–H groups in total. The molecule has 12 rings (SSSR count). The number of benzene rings is 2. The Morgan fingerprint density at radius 3 is 1.60 bits per heavy atom. The standard InChI is InChI=1S/C28H23F2N5O3.C22H20F2N6O.C5H3ClO2/c29-20-9-8-17(13-22(36)23-6-4-12-37-23)25(30)19(20)14-21-18(5-3-10-31-21)26-27-28(33-15-32-26)35(16-34-27)24-7-1-2-11-38-24;23-15-6-7-16(25)19(24)14(15)10-17-13(4-3-8-26-17)20-21-22(28-11-27-20)30(12-29-21)18-5-1-2-9-31-18;6-5(7)4-2-1-3-8-4/h3-6,8-10,12,15-16,24H,1-2,7,11,13-14H2;3-4,6-8,11-12,18H,1-2,5,9-10,25H2;1-3H. The van der Waals surface area contributed by atoms with Crippen LogP contribution in [0.4, 0.5) is 23.2 Å². The van der Waals surface area contributed by atoms with Crippen LogP contribution in [-0.4, -0.2) is 73.2 Å². The third-order valence-corrected chi connectivity index (χ3v) is 13.2. The van der Waals surface area contributed by atoms with E-state index in [-0.39, 0.29) is 65.6 Å². The number of imidazole rings is 2. The molecule has 10 heterocycles. The Hall–Kier alpha value is -8.53. The van der Waals surface area contributed by atoms with Crippen LogP contribution in [-0.2, 0) is 28.7 Å². The summed E-state index contributed by atoms with van der Waals surface area (Å²) in [5, 5.41) is -0.560. The van der Waals surface area contributed by atoms with Crippen molar-refractivity contribution in [2.75, 3.05) is 18.9 Å². The number of carbonyl (C=O) groups excluding carboxylic acids is 2. The maximum Gasteiger partial charge on any atom is 0.287 e. The van der Waals surface area contributed by atoms with Crippen LogP contribution in [0, 0.1) is 23.3 Å². The minimum atomic E-state index is -0.784. The number of halogens is 5. The van der Waals surface area contributed by atoms with Crippen LogP contribution in [0.2, 0.25) is 0 Å². The number of pyridine rings is 2. The monoisotopic (exact) mass is 1070 g/mol. The second-order valence-corrected chi connectivity index (χ2v) is 18.2. The molecule has 392 valence electrons. The van der Waals surface area contributed by atoms with Gasteiger partial charge in [-0.25, -0.2) is 47.5 Å².